The van der Waals surface area contributed by atoms with Crippen molar-refractivity contribution in [3.63, 3.8) is 0 Å². The van der Waals surface area contributed by atoms with Crippen molar-refractivity contribution in [3.8, 4) is 33.9 Å². The number of fused-ring (bicyclic) bond motifs is 2. The van der Waals surface area contributed by atoms with Gasteiger partial charge in [0.1, 0.15) is 11.3 Å². The maximum atomic E-state index is 14.6. The molecule has 0 fully saturated rings. The van der Waals surface area contributed by atoms with E-state index in [-0.39, 0.29) is 5.82 Å². The van der Waals surface area contributed by atoms with Gasteiger partial charge in [0.15, 0.2) is 11.5 Å². The number of hydrogen-bond acceptors (Lipinski definition) is 8. The fourth-order valence-corrected chi connectivity index (χ4v) is 4.75. The average molecular weight is 551 g/mol. The summed E-state index contributed by atoms with van der Waals surface area (Å²) in [7, 11) is 4.00. The normalized spacial score (nSPS) is 11.6. The van der Waals surface area contributed by atoms with E-state index in [0.29, 0.717) is 40.3 Å². The van der Waals surface area contributed by atoms with Crippen LogP contribution in [0, 0.1) is 5.82 Å². The summed E-state index contributed by atoms with van der Waals surface area (Å²) in [4.78, 5) is 24.0. The van der Waals surface area contributed by atoms with E-state index in [2.05, 4.69) is 53.7 Å². The van der Waals surface area contributed by atoms with Crippen LogP contribution in [0.1, 0.15) is 12.5 Å². The maximum absolute atomic E-state index is 14.6. The lowest BCUT2D eigenvalue weighted by Gasteiger charge is -2.12. The number of pyridine rings is 3. The summed E-state index contributed by atoms with van der Waals surface area (Å²) in [6.07, 6.45) is 7.08. The van der Waals surface area contributed by atoms with E-state index < -0.39 is 0 Å². The molecule has 0 amide bonds. The molecule has 0 atom stereocenters. The number of nitrogens with zero attached hydrogens (tertiary/aromatic N) is 6. The van der Waals surface area contributed by atoms with Crippen LogP contribution in [0.4, 0.5) is 10.1 Å². The van der Waals surface area contributed by atoms with E-state index in [1.165, 1.54) is 12.1 Å². The molecule has 0 unspecified atom stereocenters. The van der Waals surface area contributed by atoms with Crippen molar-refractivity contribution in [1.82, 2.24) is 45.3 Å². The summed E-state index contributed by atoms with van der Waals surface area (Å²) in [6, 6.07) is 10.9. The molecule has 0 aliphatic rings. The lowest BCUT2D eigenvalue weighted by molar-refractivity contribution is 0.425. The van der Waals surface area contributed by atoms with Crippen LogP contribution in [0.25, 0.3) is 56.0 Å². The number of rotatable bonds is 10. The van der Waals surface area contributed by atoms with Gasteiger partial charge in [0.05, 0.1) is 28.4 Å². The van der Waals surface area contributed by atoms with Gasteiger partial charge in [-0.3, -0.25) is 15.1 Å². The minimum absolute atomic E-state index is 0.332. The van der Waals surface area contributed by atoms with Gasteiger partial charge < -0.3 is 20.5 Å². The highest BCUT2D eigenvalue weighted by molar-refractivity contribution is 5.96. The highest BCUT2D eigenvalue weighted by atomic mass is 19.1. The summed E-state index contributed by atoms with van der Waals surface area (Å²) in [5.41, 5.74) is 8.37. The Morgan fingerprint density at radius 2 is 1.78 bits per heavy atom. The molecule has 6 aromatic rings. The van der Waals surface area contributed by atoms with E-state index in [1.807, 2.05) is 44.7 Å². The van der Waals surface area contributed by atoms with Crippen LogP contribution in [-0.2, 0) is 6.54 Å². The number of likely N-dealkylation sites (N-methyl/N-ethyl adjacent to an activating group) is 1. The lowest BCUT2D eigenvalue weighted by atomic mass is 10.1. The molecule has 208 valence electrons. The standard InChI is InChI=1S/C30H31FN10/c1-4-32-13-18-9-20(15-33-14-18)24-5-6-25-28(36-24)29(40-39-25)30-37-26-17-34-16-23(27(26)38-30)19-10-21(31)12-22(11-19)35-7-8-41(2)3/h5-6,9-12,14-17,32,35H,4,7-8,13H2,1-3H3,(H,37,38)(H,39,40). The highest BCUT2D eigenvalue weighted by Gasteiger charge is 2.18. The van der Waals surface area contributed by atoms with Gasteiger partial charge >= 0.3 is 0 Å². The summed E-state index contributed by atoms with van der Waals surface area (Å²) in [5, 5.41) is 14.2. The predicted octanol–water partition coefficient (Wildman–Crippen LogP) is 4.85. The first-order valence-electron chi connectivity index (χ1n) is 13.5. The zero-order chi connectivity index (χ0) is 28.3. The van der Waals surface area contributed by atoms with E-state index in [0.717, 1.165) is 53.1 Å². The van der Waals surface area contributed by atoms with Crippen LogP contribution in [0.15, 0.2) is 61.2 Å². The zero-order valence-electron chi connectivity index (χ0n) is 23.2. The van der Waals surface area contributed by atoms with Crippen molar-refractivity contribution < 1.29 is 4.39 Å². The number of aromatic nitrogens is 7. The van der Waals surface area contributed by atoms with Crippen LogP contribution in [0.3, 0.4) is 0 Å². The average Bonchev–Trinajstić information content (AvgIpc) is 3.59. The number of aromatic amines is 2. The number of hydrogen-bond donors (Lipinski definition) is 4. The Bertz CT molecular complexity index is 1820. The van der Waals surface area contributed by atoms with Gasteiger partial charge in [0, 0.05) is 55.0 Å². The molecule has 4 N–H and O–H groups in total. The van der Waals surface area contributed by atoms with Gasteiger partial charge in [-0.25, -0.2) is 14.4 Å². The Kier molecular flexibility index (Phi) is 7.36. The molecule has 6 rings (SSSR count). The number of H-pyrrole nitrogens is 2. The summed E-state index contributed by atoms with van der Waals surface area (Å²) in [6.45, 7) is 5.23. The van der Waals surface area contributed by atoms with Gasteiger partial charge in [-0.2, -0.15) is 5.10 Å². The monoisotopic (exact) mass is 550 g/mol. The Labute approximate surface area is 236 Å². The van der Waals surface area contributed by atoms with Crippen molar-refractivity contribution in [3.05, 3.63) is 72.6 Å². The molecular weight excluding hydrogens is 519 g/mol. The van der Waals surface area contributed by atoms with Crippen LogP contribution in [0.5, 0.6) is 0 Å². The third-order valence-electron chi connectivity index (χ3n) is 6.79. The molecule has 5 heterocycles. The molecule has 5 aromatic heterocycles. The smallest absolute Gasteiger partial charge is 0.161 e. The summed E-state index contributed by atoms with van der Waals surface area (Å²) in [5.74, 6) is 0.214. The maximum Gasteiger partial charge on any atom is 0.161 e. The van der Waals surface area contributed by atoms with E-state index in [9.17, 15) is 4.39 Å². The molecule has 1 aromatic carbocycles. The van der Waals surface area contributed by atoms with Gasteiger partial charge in [-0.15, -0.1) is 0 Å². The quantitative estimate of drug-likeness (QED) is 0.191. The molecule has 0 saturated heterocycles. The first kappa shape index (κ1) is 26.5. The first-order valence-corrected chi connectivity index (χ1v) is 13.5. The fraction of sp³-hybridized carbons (Fsp3) is 0.233. The number of anilines is 1. The largest absolute Gasteiger partial charge is 0.384 e. The van der Waals surface area contributed by atoms with Gasteiger partial charge in [-0.05, 0) is 68.2 Å². The van der Waals surface area contributed by atoms with Crippen LogP contribution < -0.4 is 10.6 Å². The third-order valence-corrected chi connectivity index (χ3v) is 6.79. The highest BCUT2D eigenvalue weighted by Crippen LogP contribution is 2.32. The second kappa shape index (κ2) is 11.4. The number of imidazole rings is 1. The van der Waals surface area contributed by atoms with Crippen LogP contribution in [-0.4, -0.2) is 73.7 Å². The third kappa shape index (κ3) is 5.63. The van der Waals surface area contributed by atoms with Crippen LogP contribution >= 0.6 is 0 Å². The summed E-state index contributed by atoms with van der Waals surface area (Å²) >= 11 is 0. The van der Waals surface area contributed by atoms with Crippen molar-refractivity contribution in [2.45, 2.75) is 13.5 Å². The number of benzene rings is 1. The molecule has 0 aliphatic carbocycles. The predicted molar refractivity (Wildman–Crippen MR) is 160 cm³/mol. The second-order valence-corrected chi connectivity index (χ2v) is 10.2. The molecule has 0 bridgehead atoms. The molecule has 10 nitrogen and oxygen atoms in total. The second-order valence-electron chi connectivity index (χ2n) is 10.2. The number of halogens is 1. The Morgan fingerprint density at radius 1 is 0.902 bits per heavy atom. The molecule has 11 heteroatoms. The van der Waals surface area contributed by atoms with Crippen molar-refractivity contribution >= 4 is 27.8 Å². The van der Waals surface area contributed by atoms with Crippen molar-refractivity contribution in [2.75, 3.05) is 39.0 Å². The molecule has 0 radical (unpaired) electrons. The Morgan fingerprint density at radius 3 is 2.63 bits per heavy atom. The lowest BCUT2D eigenvalue weighted by Crippen LogP contribution is -2.20. The first-order chi connectivity index (χ1) is 20.0. The van der Waals surface area contributed by atoms with Gasteiger partial charge in [-0.1, -0.05) is 6.92 Å². The topological polar surface area (TPSA) is 123 Å². The van der Waals surface area contributed by atoms with Gasteiger partial charge in [0.25, 0.3) is 0 Å². The zero-order valence-corrected chi connectivity index (χ0v) is 23.2. The SMILES string of the molecule is CCNCc1cncc(-c2ccc3[nH]nc(-c4nc5c(-c6cc(F)cc(NCCN(C)C)c6)cncc5[nH]4)c3n2)c1. The minimum atomic E-state index is -0.332. The minimum Gasteiger partial charge on any atom is -0.384 e. The van der Waals surface area contributed by atoms with Gasteiger partial charge in [0.2, 0.25) is 0 Å². The van der Waals surface area contributed by atoms with Crippen molar-refractivity contribution in [1.29, 1.82) is 0 Å². The molecule has 0 saturated carbocycles. The fourth-order valence-electron chi connectivity index (χ4n) is 4.75. The molecule has 0 aliphatic heterocycles. The van der Waals surface area contributed by atoms with Crippen molar-refractivity contribution in [2.24, 2.45) is 0 Å². The van der Waals surface area contributed by atoms with E-state index >= 15 is 0 Å². The molecule has 41 heavy (non-hydrogen) atoms. The Hall–Kier alpha value is -4.74. The number of nitrogens with one attached hydrogen (secondary N) is 4. The molecule has 0 spiro atoms. The van der Waals surface area contributed by atoms with E-state index in [4.69, 9.17) is 9.97 Å². The van der Waals surface area contributed by atoms with E-state index in [1.54, 1.807) is 12.4 Å². The summed E-state index contributed by atoms with van der Waals surface area (Å²) < 4.78 is 14.6. The van der Waals surface area contributed by atoms with Crippen LogP contribution in [0.2, 0.25) is 0 Å². The molecular formula is C30H31FN10. The Balaban J connectivity index is 1.37.